The number of benzene rings is 2. The fraction of sp³-hybridized carbons (Fsp3) is 0.273. The molecule has 0 saturated heterocycles. The summed E-state index contributed by atoms with van der Waals surface area (Å²) in [6, 6.07) is 15.6. The van der Waals surface area contributed by atoms with Crippen molar-refractivity contribution in [1.82, 2.24) is 16.0 Å². The molecule has 3 rings (SSSR count). The summed E-state index contributed by atoms with van der Waals surface area (Å²) in [5.41, 5.74) is 3.76. The second kappa shape index (κ2) is 9.08. The SMILES string of the molecule is CCNC(=O)c1ccc(CNC(=NC)NCc2oc3ccccc3c2C)cc1. The van der Waals surface area contributed by atoms with E-state index >= 15 is 0 Å². The molecule has 3 aromatic rings. The van der Waals surface area contributed by atoms with Crippen molar-refractivity contribution < 1.29 is 9.21 Å². The van der Waals surface area contributed by atoms with Crippen LogP contribution in [-0.2, 0) is 13.1 Å². The van der Waals surface area contributed by atoms with E-state index in [4.69, 9.17) is 4.42 Å². The van der Waals surface area contributed by atoms with Crippen molar-refractivity contribution in [2.24, 2.45) is 4.99 Å². The Labute approximate surface area is 165 Å². The molecule has 0 unspecified atom stereocenters. The van der Waals surface area contributed by atoms with Crippen molar-refractivity contribution in [3.63, 3.8) is 0 Å². The Kier molecular flexibility index (Phi) is 6.32. The molecule has 0 radical (unpaired) electrons. The Morgan fingerprint density at radius 3 is 2.39 bits per heavy atom. The molecule has 3 N–H and O–H groups in total. The first-order valence-corrected chi connectivity index (χ1v) is 9.41. The number of fused-ring (bicyclic) bond motifs is 1. The maximum atomic E-state index is 11.8. The number of carbonyl (C=O) groups is 1. The van der Waals surface area contributed by atoms with Crippen molar-refractivity contribution in [1.29, 1.82) is 0 Å². The van der Waals surface area contributed by atoms with Gasteiger partial charge in [-0.1, -0.05) is 30.3 Å². The molecule has 1 amide bonds. The van der Waals surface area contributed by atoms with E-state index < -0.39 is 0 Å². The third kappa shape index (κ3) is 4.52. The molecule has 1 heterocycles. The van der Waals surface area contributed by atoms with Gasteiger partial charge in [-0.15, -0.1) is 0 Å². The van der Waals surface area contributed by atoms with Gasteiger partial charge >= 0.3 is 0 Å². The summed E-state index contributed by atoms with van der Waals surface area (Å²) < 4.78 is 5.93. The number of hydrogen-bond donors (Lipinski definition) is 3. The van der Waals surface area contributed by atoms with Crippen LogP contribution in [0.2, 0.25) is 0 Å². The number of aryl methyl sites for hydroxylation is 1. The number of carbonyl (C=O) groups excluding carboxylic acids is 1. The summed E-state index contributed by atoms with van der Waals surface area (Å²) in [5.74, 6) is 1.53. The number of para-hydroxylation sites is 1. The Hall–Kier alpha value is -3.28. The van der Waals surface area contributed by atoms with Crippen molar-refractivity contribution in [2.75, 3.05) is 13.6 Å². The summed E-state index contributed by atoms with van der Waals surface area (Å²) in [7, 11) is 1.74. The first-order chi connectivity index (χ1) is 13.6. The normalized spacial score (nSPS) is 11.5. The lowest BCUT2D eigenvalue weighted by Crippen LogP contribution is -2.36. The Balaban J connectivity index is 1.56. The van der Waals surface area contributed by atoms with Gasteiger partial charge in [0.15, 0.2) is 5.96 Å². The first-order valence-electron chi connectivity index (χ1n) is 9.41. The minimum absolute atomic E-state index is 0.0549. The highest BCUT2D eigenvalue weighted by molar-refractivity contribution is 5.94. The summed E-state index contributed by atoms with van der Waals surface area (Å²) in [6.07, 6.45) is 0. The number of furan rings is 1. The van der Waals surface area contributed by atoms with Crippen LogP contribution >= 0.6 is 0 Å². The van der Waals surface area contributed by atoms with Crippen LogP contribution in [0, 0.1) is 6.92 Å². The van der Waals surface area contributed by atoms with E-state index in [9.17, 15) is 4.79 Å². The minimum atomic E-state index is -0.0549. The van der Waals surface area contributed by atoms with Gasteiger partial charge in [-0.2, -0.15) is 0 Å². The van der Waals surface area contributed by atoms with Gasteiger partial charge in [0.25, 0.3) is 5.91 Å². The predicted octanol–water partition coefficient (Wildman–Crippen LogP) is 3.36. The summed E-state index contributed by atoms with van der Waals surface area (Å²) >= 11 is 0. The average molecular weight is 378 g/mol. The van der Waals surface area contributed by atoms with Crippen LogP contribution in [0.3, 0.4) is 0 Å². The predicted molar refractivity (Wildman–Crippen MR) is 112 cm³/mol. The molecule has 0 saturated carbocycles. The summed E-state index contributed by atoms with van der Waals surface area (Å²) in [5, 5.41) is 10.5. The van der Waals surface area contributed by atoms with E-state index in [0.717, 1.165) is 27.9 Å². The first kappa shape index (κ1) is 19.5. The molecule has 1 aromatic heterocycles. The standard InChI is InChI=1S/C22H26N4O2/c1-4-24-21(27)17-11-9-16(10-12-17)13-25-22(23-3)26-14-20-15(2)18-7-5-6-8-19(18)28-20/h5-12H,4,13-14H2,1-3H3,(H,24,27)(H2,23,25,26). The van der Waals surface area contributed by atoms with E-state index in [2.05, 4.69) is 33.9 Å². The number of aliphatic imine (C=N–C) groups is 1. The third-order valence-corrected chi connectivity index (χ3v) is 4.60. The second-order valence-electron chi connectivity index (χ2n) is 6.48. The Morgan fingerprint density at radius 2 is 1.71 bits per heavy atom. The van der Waals surface area contributed by atoms with E-state index in [1.54, 1.807) is 7.05 Å². The molecule has 0 bridgehead atoms. The van der Waals surface area contributed by atoms with Crippen LogP contribution in [0.5, 0.6) is 0 Å². The van der Waals surface area contributed by atoms with E-state index in [1.807, 2.05) is 49.4 Å². The highest BCUT2D eigenvalue weighted by Crippen LogP contribution is 2.24. The number of hydrogen-bond acceptors (Lipinski definition) is 3. The van der Waals surface area contributed by atoms with Crippen LogP contribution in [0.15, 0.2) is 57.9 Å². The summed E-state index contributed by atoms with van der Waals surface area (Å²) in [6.45, 7) is 5.75. The number of rotatable bonds is 6. The van der Waals surface area contributed by atoms with Crippen LogP contribution < -0.4 is 16.0 Å². The zero-order chi connectivity index (χ0) is 19.9. The van der Waals surface area contributed by atoms with Crippen molar-refractivity contribution in [2.45, 2.75) is 26.9 Å². The quantitative estimate of drug-likeness (QED) is 0.454. The van der Waals surface area contributed by atoms with Gasteiger partial charge in [0.05, 0.1) is 6.54 Å². The molecule has 0 atom stereocenters. The lowest BCUT2D eigenvalue weighted by Gasteiger charge is -2.12. The lowest BCUT2D eigenvalue weighted by atomic mass is 10.1. The largest absolute Gasteiger partial charge is 0.459 e. The second-order valence-corrected chi connectivity index (χ2v) is 6.48. The van der Waals surface area contributed by atoms with E-state index in [1.165, 1.54) is 0 Å². The van der Waals surface area contributed by atoms with Gasteiger partial charge in [-0.3, -0.25) is 9.79 Å². The molecule has 146 valence electrons. The molecular formula is C22H26N4O2. The van der Waals surface area contributed by atoms with Gasteiger partial charge in [-0.25, -0.2) is 0 Å². The monoisotopic (exact) mass is 378 g/mol. The van der Waals surface area contributed by atoms with Crippen LogP contribution in [0.4, 0.5) is 0 Å². The van der Waals surface area contributed by atoms with Crippen molar-refractivity contribution in [3.8, 4) is 0 Å². The molecule has 28 heavy (non-hydrogen) atoms. The Morgan fingerprint density at radius 1 is 1.00 bits per heavy atom. The van der Waals surface area contributed by atoms with Gasteiger partial charge in [-0.05, 0) is 37.6 Å². The fourth-order valence-corrected chi connectivity index (χ4v) is 3.00. The van der Waals surface area contributed by atoms with Crippen LogP contribution in [-0.4, -0.2) is 25.5 Å². The highest BCUT2D eigenvalue weighted by Gasteiger charge is 2.10. The van der Waals surface area contributed by atoms with Gasteiger partial charge in [0.1, 0.15) is 11.3 Å². The molecule has 0 fully saturated rings. The number of nitrogens with zero attached hydrogens (tertiary/aromatic N) is 1. The maximum Gasteiger partial charge on any atom is 0.251 e. The van der Waals surface area contributed by atoms with E-state index in [0.29, 0.717) is 31.2 Å². The maximum absolute atomic E-state index is 11.8. The molecule has 0 aliphatic carbocycles. The third-order valence-electron chi connectivity index (χ3n) is 4.60. The number of amides is 1. The fourth-order valence-electron chi connectivity index (χ4n) is 3.00. The zero-order valence-corrected chi connectivity index (χ0v) is 16.5. The van der Waals surface area contributed by atoms with Gasteiger partial charge in [0, 0.05) is 36.7 Å². The number of guanidine groups is 1. The molecule has 2 aromatic carbocycles. The smallest absolute Gasteiger partial charge is 0.251 e. The lowest BCUT2D eigenvalue weighted by molar-refractivity contribution is 0.0956. The van der Waals surface area contributed by atoms with Crippen LogP contribution in [0.25, 0.3) is 11.0 Å². The molecule has 0 aliphatic rings. The van der Waals surface area contributed by atoms with Gasteiger partial charge in [0.2, 0.25) is 0 Å². The molecular weight excluding hydrogens is 352 g/mol. The zero-order valence-electron chi connectivity index (χ0n) is 16.5. The average Bonchev–Trinajstić information content (AvgIpc) is 3.05. The number of nitrogens with one attached hydrogen (secondary N) is 3. The Bertz CT molecular complexity index is 974. The van der Waals surface area contributed by atoms with Crippen molar-refractivity contribution >= 4 is 22.8 Å². The molecule has 6 nitrogen and oxygen atoms in total. The minimum Gasteiger partial charge on any atom is -0.459 e. The van der Waals surface area contributed by atoms with Crippen LogP contribution in [0.1, 0.15) is 34.2 Å². The van der Waals surface area contributed by atoms with E-state index in [-0.39, 0.29) is 5.91 Å². The molecule has 0 aliphatic heterocycles. The van der Waals surface area contributed by atoms with Crippen molar-refractivity contribution in [3.05, 3.63) is 71.0 Å². The highest BCUT2D eigenvalue weighted by atomic mass is 16.3. The summed E-state index contributed by atoms with van der Waals surface area (Å²) in [4.78, 5) is 16.1. The topological polar surface area (TPSA) is 78.7 Å². The molecule has 6 heteroatoms. The molecule has 0 spiro atoms. The van der Waals surface area contributed by atoms with Gasteiger partial charge < -0.3 is 20.4 Å².